The van der Waals surface area contributed by atoms with E-state index < -0.39 is 0 Å². The fraction of sp³-hybridized carbons (Fsp3) is 0.400. The first-order valence-electron chi connectivity index (χ1n) is 9.20. The van der Waals surface area contributed by atoms with Crippen molar-refractivity contribution in [3.63, 3.8) is 0 Å². The maximum Gasteiger partial charge on any atom is 0.274 e. The molecule has 138 valence electrons. The first-order valence-corrected chi connectivity index (χ1v) is 9.20. The molecule has 1 aromatic heterocycles. The lowest BCUT2D eigenvalue weighted by Gasteiger charge is -2.34. The molecule has 1 amide bonds. The third-order valence-electron chi connectivity index (χ3n) is 4.57. The molecule has 1 saturated heterocycles. The predicted octanol–water partition coefficient (Wildman–Crippen LogP) is 2.91. The van der Waals surface area contributed by atoms with E-state index in [9.17, 15) is 4.79 Å². The van der Waals surface area contributed by atoms with E-state index in [1.54, 1.807) is 12.3 Å². The molecule has 2 heterocycles. The molecule has 0 atom stereocenters. The van der Waals surface area contributed by atoms with Gasteiger partial charge in [0.15, 0.2) is 0 Å². The summed E-state index contributed by atoms with van der Waals surface area (Å²) >= 11 is 0. The number of anilines is 3. The summed E-state index contributed by atoms with van der Waals surface area (Å²) in [5.41, 5.74) is 3.32. The van der Waals surface area contributed by atoms with Crippen molar-refractivity contribution in [3.05, 3.63) is 48.3 Å². The van der Waals surface area contributed by atoms with Gasteiger partial charge in [-0.1, -0.05) is 6.92 Å². The number of carbonyl (C=O) groups excluding carboxylic acids is 1. The van der Waals surface area contributed by atoms with Crippen LogP contribution in [0.2, 0.25) is 0 Å². The number of amides is 1. The number of piperazine rings is 1. The average Bonchev–Trinajstić information content (AvgIpc) is 2.68. The molecule has 0 spiro atoms. The second-order valence-electron chi connectivity index (χ2n) is 6.65. The second-order valence-corrected chi connectivity index (χ2v) is 6.65. The summed E-state index contributed by atoms with van der Waals surface area (Å²) in [6.45, 7) is 7.22. The molecule has 2 aromatic rings. The van der Waals surface area contributed by atoms with Crippen molar-refractivity contribution in [2.24, 2.45) is 0 Å². The normalized spacial score (nSPS) is 14.9. The molecule has 0 saturated carbocycles. The zero-order chi connectivity index (χ0) is 18.4. The Balaban J connectivity index is 1.57. The van der Waals surface area contributed by atoms with E-state index >= 15 is 0 Å². The number of rotatable bonds is 6. The molecular formula is C20H27N5O. The number of likely N-dealkylation sites (N-methyl/N-ethyl adjacent to an activating group) is 1. The molecule has 1 aliphatic rings. The van der Waals surface area contributed by atoms with E-state index in [0.717, 1.165) is 50.5 Å². The van der Waals surface area contributed by atoms with Crippen LogP contribution >= 0.6 is 0 Å². The van der Waals surface area contributed by atoms with Gasteiger partial charge < -0.3 is 20.4 Å². The summed E-state index contributed by atoms with van der Waals surface area (Å²) < 4.78 is 0. The van der Waals surface area contributed by atoms with Crippen molar-refractivity contribution in [2.45, 2.75) is 13.3 Å². The van der Waals surface area contributed by atoms with Gasteiger partial charge in [0.05, 0.1) is 11.9 Å². The molecule has 6 heteroatoms. The largest absolute Gasteiger partial charge is 0.384 e. The number of hydrogen-bond acceptors (Lipinski definition) is 5. The minimum Gasteiger partial charge on any atom is -0.384 e. The van der Waals surface area contributed by atoms with Crippen molar-refractivity contribution in [2.75, 3.05) is 55.3 Å². The van der Waals surface area contributed by atoms with Crippen molar-refractivity contribution < 1.29 is 4.79 Å². The third kappa shape index (κ3) is 4.73. The lowest BCUT2D eigenvalue weighted by molar-refractivity contribution is 0.102. The molecule has 26 heavy (non-hydrogen) atoms. The van der Waals surface area contributed by atoms with Crippen LogP contribution in [0.5, 0.6) is 0 Å². The van der Waals surface area contributed by atoms with Gasteiger partial charge in [-0.05, 0) is 49.9 Å². The second kappa shape index (κ2) is 8.67. The molecule has 0 unspecified atom stereocenters. The van der Waals surface area contributed by atoms with Crippen molar-refractivity contribution >= 4 is 23.0 Å². The molecule has 1 aromatic carbocycles. The summed E-state index contributed by atoms with van der Waals surface area (Å²) in [6.07, 6.45) is 2.74. The van der Waals surface area contributed by atoms with E-state index in [0.29, 0.717) is 5.69 Å². The molecular weight excluding hydrogens is 326 g/mol. The van der Waals surface area contributed by atoms with Gasteiger partial charge in [-0.15, -0.1) is 0 Å². The lowest BCUT2D eigenvalue weighted by atomic mass is 10.2. The SMILES string of the molecule is CCCNc1ccc(C(=O)Nc2ccc(N3CCN(C)CC3)cc2)nc1. The zero-order valence-corrected chi connectivity index (χ0v) is 15.5. The van der Waals surface area contributed by atoms with E-state index in [1.165, 1.54) is 5.69 Å². The minimum absolute atomic E-state index is 0.195. The Labute approximate surface area is 155 Å². The van der Waals surface area contributed by atoms with Crippen LogP contribution in [0.25, 0.3) is 0 Å². The highest BCUT2D eigenvalue weighted by Gasteiger charge is 2.14. The van der Waals surface area contributed by atoms with Gasteiger partial charge in [-0.2, -0.15) is 0 Å². The smallest absolute Gasteiger partial charge is 0.274 e. The quantitative estimate of drug-likeness (QED) is 0.836. The van der Waals surface area contributed by atoms with Gasteiger partial charge in [0, 0.05) is 44.1 Å². The third-order valence-corrected chi connectivity index (χ3v) is 4.57. The van der Waals surface area contributed by atoms with Crippen LogP contribution in [-0.4, -0.2) is 55.6 Å². The van der Waals surface area contributed by atoms with Gasteiger partial charge >= 0.3 is 0 Å². The predicted molar refractivity (Wildman–Crippen MR) is 107 cm³/mol. The Kier molecular flexibility index (Phi) is 6.07. The Morgan fingerprint density at radius 1 is 1.04 bits per heavy atom. The molecule has 1 fully saturated rings. The van der Waals surface area contributed by atoms with Gasteiger partial charge in [0.1, 0.15) is 5.69 Å². The first-order chi connectivity index (χ1) is 12.7. The fourth-order valence-electron chi connectivity index (χ4n) is 2.92. The Morgan fingerprint density at radius 2 is 1.73 bits per heavy atom. The van der Waals surface area contributed by atoms with Crippen LogP contribution in [0.4, 0.5) is 17.1 Å². The molecule has 0 radical (unpaired) electrons. The number of carbonyl (C=O) groups is 1. The monoisotopic (exact) mass is 353 g/mol. The van der Waals surface area contributed by atoms with Crippen LogP contribution in [-0.2, 0) is 0 Å². The Hall–Kier alpha value is -2.60. The summed E-state index contributed by atoms with van der Waals surface area (Å²) in [7, 11) is 2.15. The van der Waals surface area contributed by atoms with Gasteiger partial charge in [-0.25, -0.2) is 4.98 Å². The number of benzene rings is 1. The molecule has 0 aliphatic carbocycles. The highest BCUT2D eigenvalue weighted by Crippen LogP contribution is 2.19. The van der Waals surface area contributed by atoms with E-state index in [1.807, 2.05) is 18.2 Å². The molecule has 3 rings (SSSR count). The van der Waals surface area contributed by atoms with Crippen molar-refractivity contribution in [1.82, 2.24) is 9.88 Å². The Bertz CT molecular complexity index is 706. The lowest BCUT2D eigenvalue weighted by Crippen LogP contribution is -2.44. The number of nitrogens with zero attached hydrogens (tertiary/aromatic N) is 3. The van der Waals surface area contributed by atoms with E-state index in [2.05, 4.69) is 51.5 Å². The highest BCUT2D eigenvalue weighted by molar-refractivity contribution is 6.03. The van der Waals surface area contributed by atoms with Crippen LogP contribution in [0, 0.1) is 0 Å². The summed E-state index contributed by atoms with van der Waals surface area (Å²) in [4.78, 5) is 21.3. The van der Waals surface area contributed by atoms with Crippen molar-refractivity contribution in [3.8, 4) is 0 Å². The fourth-order valence-corrected chi connectivity index (χ4v) is 2.92. The highest BCUT2D eigenvalue weighted by atomic mass is 16.1. The average molecular weight is 353 g/mol. The van der Waals surface area contributed by atoms with E-state index in [-0.39, 0.29) is 5.91 Å². The van der Waals surface area contributed by atoms with Crippen LogP contribution in [0.1, 0.15) is 23.8 Å². The Morgan fingerprint density at radius 3 is 2.35 bits per heavy atom. The van der Waals surface area contributed by atoms with Gasteiger partial charge in [-0.3, -0.25) is 4.79 Å². The number of aromatic nitrogens is 1. The van der Waals surface area contributed by atoms with Crippen molar-refractivity contribution in [1.29, 1.82) is 0 Å². The first kappa shape index (κ1) is 18.2. The maximum absolute atomic E-state index is 12.4. The van der Waals surface area contributed by atoms with Crippen LogP contribution < -0.4 is 15.5 Å². The molecule has 1 aliphatic heterocycles. The molecule has 2 N–H and O–H groups in total. The van der Waals surface area contributed by atoms with Gasteiger partial charge in [0.2, 0.25) is 0 Å². The standard InChI is InChI=1S/C20H27N5O/c1-3-10-21-17-6-9-19(22-15-17)20(26)23-16-4-7-18(8-5-16)25-13-11-24(2)12-14-25/h4-9,15,21H,3,10-14H2,1-2H3,(H,23,26). The van der Waals surface area contributed by atoms with Gasteiger partial charge in [0.25, 0.3) is 5.91 Å². The summed E-state index contributed by atoms with van der Waals surface area (Å²) in [6, 6.07) is 11.6. The maximum atomic E-state index is 12.4. The summed E-state index contributed by atoms with van der Waals surface area (Å²) in [5, 5.41) is 6.16. The molecule has 0 bridgehead atoms. The molecule has 6 nitrogen and oxygen atoms in total. The van der Waals surface area contributed by atoms with E-state index in [4.69, 9.17) is 0 Å². The van der Waals surface area contributed by atoms with Crippen LogP contribution in [0.15, 0.2) is 42.6 Å². The number of pyridine rings is 1. The van der Waals surface area contributed by atoms with Crippen LogP contribution in [0.3, 0.4) is 0 Å². The number of nitrogens with one attached hydrogen (secondary N) is 2. The number of hydrogen-bond donors (Lipinski definition) is 2. The summed E-state index contributed by atoms with van der Waals surface area (Å²) in [5.74, 6) is -0.195. The topological polar surface area (TPSA) is 60.5 Å². The minimum atomic E-state index is -0.195. The zero-order valence-electron chi connectivity index (χ0n) is 15.5.